The van der Waals surface area contributed by atoms with Crippen molar-refractivity contribution in [3.8, 4) is 0 Å². The number of alkyl carbamates (subject to hydrolysis) is 1. The van der Waals surface area contributed by atoms with Crippen molar-refractivity contribution in [2.75, 3.05) is 0 Å². The first kappa shape index (κ1) is 17.6. The average Bonchev–Trinajstić information content (AvgIpc) is 3.12. The Labute approximate surface area is 150 Å². The van der Waals surface area contributed by atoms with E-state index in [1.807, 2.05) is 0 Å². The quantitative estimate of drug-likeness (QED) is 0.878. The van der Waals surface area contributed by atoms with Crippen LogP contribution in [0.25, 0.3) is 0 Å². The highest BCUT2D eigenvalue weighted by Crippen LogP contribution is 2.43. The SMILES string of the molecule is CC(C)(C)OC(=O)N[C@H](c1cccs1)[C@@]1(F)Cc2ccccc2C1=O. The van der Waals surface area contributed by atoms with Crippen LogP contribution in [0.1, 0.15) is 47.6 Å². The van der Waals surface area contributed by atoms with Gasteiger partial charge in [0.15, 0.2) is 0 Å². The summed E-state index contributed by atoms with van der Waals surface area (Å²) in [5.74, 6) is -0.599. The molecule has 6 heteroatoms. The molecular weight excluding hydrogens is 341 g/mol. The number of fused-ring (bicyclic) bond motifs is 1. The second kappa shape index (κ2) is 6.26. The summed E-state index contributed by atoms with van der Waals surface area (Å²) in [7, 11) is 0. The lowest BCUT2D eigenvalue weighted by atomic mass is 9.90. The Bertz CT molecular complexity index is 797. The highest BCUT2D eigenvalue weighted by molar-refractivity contribution is 7.10. The third-order valence-corrected chi connectivity index (χ3v) is 4.97. The van der Waals surface area contributed by atoms with Gasteiger partial charge in [0.05, 0.1) is 0 Å². The van der Waals surface area contributed by atoms with Crippen LogP contribution in [0.2, 0.25) is 0 Å². The summed E-state index contributed by atoms with van der Waals surface area (Å²) in [6, 6.07) is 9.24. The van der Waals surface area contributed by atoms with Gasteiger partial charge in [-0.3, -0.25) is 4.79 Å². The molecule has 0 aliphatic heterocycles. The van der Waals surface area contributed by atoms with Crippen molar-refractivity contribution in [3.05, 3.63) is 57.8 Å². The van der Waals surface area contributed by atoms with Crippen LogP contribution >= 0.6 is 11.3 Å². The minimum Gasteiger partial charge on any atom is -0.444 e. The summed E-state index contributed by atoms with van der Waals surface area (Å²) >= 11 is 1.29. The maximum Gasteiger partial charge on any atom is 0.408 e. The van der Waals surface area contributed by atoms with E-state index >= 15 is 4.39 Å². The van der Waals surface area contributed by atoms with Gasteiger partial charge in [0.2, 0.25) is 11.5 Å². The van der Waals surface area contributed by atoms with Gasteiger partial charge in [-0.2, -0.15) is 0 Å². The Morgan fingerprint density at radius 3 is 2.60 bits per heavy atom. The molecule has 1 aromatic heterocycles. The maximum atomic E-state index is 15.9. The zero-order chi connectivity index (χ0) is 18.2. The van der Waals surface area contributed by atoms with Crippen LogP contribution in [0, 0.1) is 0 Å². The van der Waals surface area contributed by atoms with Gasteiger partial charge in [-0.15, -0.1) is 11.3 Å². The van der Waals surface area contributed by atoms with E-state index in [0.717, 1.165) is 0 Å². The lowest BCUT2D eigenvalue weighted by molar-refractivity contribution is 0.0376. The van der Waals surface area contributed by atoms with Crippen molar-refractivity contribution in [1.82, 2.24) is 5.32 Å². The summed E-state index contributed by atoms with van der Waals surface area (Å²) in [6.45, 7) is 5.19. The number of hydrogen-bond donors (Lipinski definition) is 1. The topological polar surface area (TPSA) is 55.4 Å². The van der Waals surface area contributed by atoms with Gasteiger partial charge >= 0.3 is 6.09 Å². The monoisotopic (exact) mass is 361 g/mol. The molecule has 0 saturated heterocycles. The van der Waals surface area contributed by atoms with E-state index in [1.165, 1.54) is 11.3 Å². The first-order valence-corrected chi connectivity index (χ1v) is 8.93. The molecule has 1 heterocycles. The van der Waals surface area contributed by atoms with E-state index in [2.05, 4.69) is 5.32 Å². The van der Waals surface area contributed by atoms with E-state index in [1.54, 1.807) is 62.5 Å². The van der Waals surface area contributed by atoms with Gasteiger partial charge in [0, 0.05) is 16.9 Å². The Morgan fingerprint density at radius 2 is 2.00 bits per heavy atom. The number of nitrogens with one attached hydrogen (secondary N) is 1. The van der Waals surface area contributed by atoms with E-state index < -0.39 is 29.2 Å². The number of carbonyl (C=O) groups is 2. The van der Waals surface area contributed by atoms with Crippen LogP contribution in [0.15, 0.2) is 41.8 Å². The molecule has 4 nitrogen and oxygen atoms in total. The van der Waals surface area contributed by atoms with Gasteiger partial charge < -0.3 is 10.1 Å². The molecule has 2 atom stereocenters. The van der Waals surface area contributed by atoms with Crippen molar-refractivity contribution < 1.29 is 18.7 Å². The van der Waals surface area contributed by atoms with Gasteiger partial charge in [-0.25, -0.2) is 9.18 Å². The number of Topliss-reactive ketones (excluding diaryl/α,β-unsaturated/α-hetero) is 1. The van der Waals surface area contributed by atoms with E-state index in [0.29, 0.717) is 16.0 Å². The predicted octanol–water partition coefficient (Wildman–Crippen LogP) is 4.46. The summed E-state index contributed by atoms with van der Waals surface area (Å²) < 4.78 is 21.2. The molecule has 0 fully saturated rings. The summed E-state index contributed by atoms with van der Waals surface area (Å²) in [4.78, 5) is 25.6. The third kappa shape index (κ3) is 3.44. The lowest BCUT2D eigenvalue weighted by Gasteiger charge is -2.30. The van der Waals surface area contributed by atoms with Crippen molar-refractivity contribution >= 4 is 23.2 Å². The Balaban J connectivity index is 1.94. The molecular formula is C19H20FNO3S. The fraction of sp³-hybridized carbons (Fsp3) is 0.368. The van der Waals surface area contributed by atoms with Crippen molar-refractivity contribution in [2.45, 2.75) is 44.5 Å². The number of ether oxygens (including phenoxy) is 1. The number of rotatable bonds is 3. The molecule has 3 rings (SSSR count). The molecule has 2 aromatic rings. The predicted molar refractivity (Wildman–Crippen MR) is 94.7 cm³/mol. The number of thiophene rings is 1. The van der Waals surface area contributed by atoms with Crippen LogP contribution in [0.5, 0.6) is 0 Å². The van der Waals surface area contributed by atoms with Gasteiger partial charge in [0.1, 0.15) is 11.6 Å². The van der Waals surface area contributed by atoms with Crippen LogP contribution in [-0.4, -0.2) is 23.1 Å². The molecule has 0 radical (unpaired) electrons. The fourth-order valence-electron chi connectivity index (χ4n) is 3.00. The first-order chi connectivity index (χ1) is 11.7. The second-order valence-corrected chi connectivity index (χ2v) is 8.10. The van der Waals surface area contributed by atoms with Crippen molar-refractivity contribution in [1.29, 1.82) is 0 Å². The van der Waals surface area contributed by atoms with Gasteiger partial charge in [-0.05, 0) is 37.8 Å². The number of benzene rings is 1. The molecule has 1 N–H and O–H groups in total. The molecule has 132 valence electrons. The maximum absolute atomic E-state index is 15.9. The largest absolute Gasteiger partial charge is 0.444 e. The molecule has 1 aliphatic rings. The highest BCUT2D eigenvalue weighted by atomic mass is 32.1. The molecule has 0 spiro atoms. The fourth-order valence-corrected chi connectivity index (χ4v) is 3.86. The summed E-state index contributed by atoms with van der Waals surface area (Å²) in [5, 5.41) is 4.36. The number of amides is 1. The molecule has 1 amide bonds. The molecule has 25 heavy (non-hydrogen) atoms. The van der Waals surface area contributed by atoms with Crippen molar-refractivity contribution in [3.63, 3.8) is 0 Å². The van der Waals surface area contributed by atoms with Crippen LogP contribution in [0.4, 0.5) is 9.18 Å². The smallest absolute Gasteiger partial charge is 0.408 e. The normalized spacial score (nSPS) is 20.9. The molecule has 1 aliphatic carbocycles. The molecule has 0 unspecified atom stereocenters. The van der Waals surface area contributed by atoms with E-state index in [-0.39, 0.29) is 6.42 Å². The van der Waals surface area contributed by atoms with Crippen LogP contribution in [-0.2, 0) is 11.2 Å². The zero-order valence-corrected chi connectivity index (χ0v) is 15.2. The Hall–Kier alpha value is -2.21. The van der Waals surface area contributed by atoms with Gasteiger partial charge in [0.25, 0.3) is 0 Å². The molecule has 1 aromatic carbocycles. The molecule has 0 bridgehead atoms. The van der Waals surface area contributed by atoms with Crippen LogP contribution in [0.3, 0.4) is 0 Å². The van der Waals surface area contributed by atoms with E-state index in [9.17, 15) is 9.59 Å². The summed E-state index contributed by atoms with van der Waals surface area (Å²) in [6.07, 6.45) is -0.813. The minimum atomic E-state index is -2.23. The number of carbonyl (C=O) groups excluding carboxylic acids is 2. The second-order valence-electron chi connectivity index (χ2n) is 7.12. The van der Waals surface area contributed by atoms with Crippen LogP contribution < -0.4 is 5.32 Å². The average molecular weight is 361 g/mol. The number of hydrogen-bond acceptors (Lipinski definition) is 4. The number of alkyl halides is 1. The van der Waals surface area contributed by atoms with Gasteiger partial charge in [-0.1, -0.05) is 30.3 Å². The lowest BCUT2D eigenvalue weighted by Crippen LogP contribution is -2.48. The zero-order valence-electron chi connectivity index (χ0n) is 14.3. The summed E-state index contributed by atoms with van der Waals surface area (Å²) in [5.41, 5.74) is -1.91. The third-order valence-electron chi connectivity index (χ3n) is 4.03. The van der Waals surface area contributed by atoms with E-state index in [4.69, 9.17) is 4.74 Å². The standard InChI is InChI=1S/C19H20FNO3S/c1-18(2,3)24-17(23)21-15(14-9-6-10-25-14)19(20)11-12-7-4-5-8-13(12)16(19)22/h4-10,15H,11H2,1-3H3,(H,21,23)/t15-,19+/m1/s1. The number of ketones is 1. The Kier molecular flexibility index (Phi) is 4.41. The molecule has 0 saturated carbocycles. The first-order valence-electron chi connectivity index (χ1n) is 8.05. The number of halogens is 1. The highest BCUT2D eigenvalue weighted by Gasteiger charge is 2.53. The van der Waals surface area contributed by atoms with Crippen molar-refractivity contribution in [2.24, 2.45) is 0 Å². The Morgan fingerprint density at radius 1 is 1.28 bits per heavy atom. The minimum absolute atomic E-state index is 0.0691.